The lowest BCUT2D eigenvalue weighted by molar-refractivity contribution is 0.0697. The van der Waals surface area contributed by atoms with E-state index in [1.807, 2.05) is 47.4 Å². The average Bonchev–Trinajstić information content (AvgIpc) is 2.61. The van der Waals surface area contributed by atoms with E-state index >= 15 is 0 Å². The molecule has 2 heterocycles. The largest absolute Gasteiger partial charge is 0.339 e. The fourth-order valence-electron chi connectivity index (χ4n) is 2.66. The molecule has 3 rings (SSSR count). The number of carbonyl (C=O) groups is 1. The minimum Gasteiger partial charge on any atom is -0.339 e. The zero-order chi connectivity index (χ0) is 16.1. The van der Waals surface area contributed by atoms with Crippen LogP contribution < -0.4 is 0 Å². The van der Waals surface area contributed by atoms with Crippen molar-refractivity contribution < 1.29 is 4.79 Å². The molecule has 1 amide bonds. The summed E-state index contributed by atoms with van der Waals surface area (Å²) in [6, 6.07) is 13.2. The van der Waals surface area contributed by atoms with Gasteiger partial charge >= 0.3 is 0 Å². The number of hydrogen-bond donors (Lipinski definition) is 0. The minimum absolute atomic E-state index is 0.126. The second kappa shape index (κ2) is 7.11. The minimum atomic E-state index is 0.126. The lowest BCUT2D eigenvalue weighted by Crippen LogP contribution is -2.37. The van der Waals surface area contributed by atoms with E-state index in [2.05, 4.69) is 23.7 Å². The summed E-state index contributed by atoms with van der Waals surface area (Å²) in [5.74, 6) is 6.95. The molecule has 0 N–H and O–H groups in total. The summed E-state index contributed by atoms with van der Waals surface area (Å²) in [5, 5.41) is 0. The monoisotopic (exact) mass is 304 g/mol. The summed E-state index contributed by atoms with van der Waals surface area (Å²) in [5.41, 5.74) is 2.37. The van der Waals surface area contributed by atoms with Gasteiger partial charge in [-0.05, 0) is 61.1 Å². The Morgan fingerprint density at radius 2 is 1.83 bits per heavy atom. The Balaban J connectivity index is 1.67. The number of nitrogens with zero attached hydrogens (tertiary/aromatic N) is 2. The normalized spacial score (nSPS) is 14.9. The van der Waals surface area contributed by atoms with Crippen molar-refractivity contribution in [2.24, 2.45) is 5.92 Å². The molecule has 3 nitrogen and oxygen atoms in total. The number of likely N-dealkylation sites (tertiary alicyclic amines) is 1. The number of aromatic nitrogens is 1. The summed E-state index contributed by atoms with van der Waals surface area (Å²) in [7, 11) is 0. The fourth-order valence-corrected chi connectivity index (χ4v) is 2.66. The third kappa shape index (κ3) is 3.98. The highest BCUT2D eigenvalue weighted by Gasteiger charge is 2.21. The Bertz CT molecular complexity index is 718. The lowest BCUT2D eigenvalue weighted by Gasteiger charge is -2.30. The number of amides is 1. The van der Waals surface area contributed by atoms with Gasteiger partial charge < -0.3 is 4.90 Å². The van der Waals surface area contributed by atoms with Crippen molar-refractivity contribution in [3.8, 4) is 11.8 Å². The first-order valence-electron chi connectivity index (χ1n) is 8.05. The standard InChI is InChI=1S/C20H20N2O/c1-16-11-14-22(15-12-16)20(23)18-8-5-17(6-9-18)7-10-19-4-2-3-13-21-19/h2-6,8-9,13,16H,11-12,14-15H2,1H3. The van der Waals surface area contributed by atoms with E-state index in [9.17, 15) is 4.79 Å². The van der Waals surface area contributed by atoms with Crippen molar-refractivity contribution in [2.45, 2.75) is 19.8 Å². The van der Waals surface area contributed by atoms with Crippen LogP contribution in [0.15, 0.2) is 48.7 Å². The number of hydrogen-bond acceptors (Lipinski definition) is 2. The molecule has 1 saturated heterocycles. The van der Waals surface area contributed by atoms with Crippen molar-refractivity contribution >= 4 is 5.91 Å². The molecule has 0 saturated carbocycles. The molecular formula is C20H20N2O. The van der Waals surface area contributed by atoms with Gasteiger partial charge in [-0.25, -0.2) is 4.98 Å². The average molecular weight is 304 g/mol. The van der Waals surface area contributed by atoms with Gasteiger partial charge in [0.25, 0.3) is 5.91 Å². The van der Waals surface area contributed by atoms with Crippen LogP contribution in [0.5, 0.6) is 0 Å². The van der Waals surface area contributed by atoms with Crippen LogP contribution in [0.25, 0.3) is 0 Å². The van der Waals surface area contributed by atoms with Crippen LogP contribution >= 0.6 is 0 Å². The van der Waals surface area contributed by atoms with Gasteiger partial charge in [0.1, 0.15) is 5.69 Å². The molecule has 1 aromatic heterocycles. The van der Waals surface area contributed by atoms with Crippen molar-refractivity contribution in [1.82, 2.24) is 9.88 Å². The summed E-state index contributed by atoms with van der Waals surface area (Å²) < 4.78 is 0. The molecule has 1 aromatic carbocycles. The SMILES string of the molecule is CC1CCN(C(=O)c2ccc(C#Cc3ccccn3)cc2)CC1. The van der Waals surface area contributed by atoms with Crippen LogP contribution in [0.3, 0.4) is 0 Å². The molecule has 116 valence electrons. The first-order chi connectivity index (χ1) is 11.2. The third-order valence-electron chi connectivity index (χ3n) is 4.20. The Morgan fingerprint density at radius 3 is 2.48 bits per heavy atom. The zero-order valence-corrected chi connectivity index (χ0v) is 13.3. The highest BCUT2D eigenvalue weighted by Crippen LogP contribution is 2.18. The molecule has 3 heteroatoms. The maximum Gasteiger partial charge on any atom is 0.253 e. The maximum atomic E-state index is 12.5. The zero-order valence-electron chi connectivity index (χ0n) is 13.3. The maximum absolute atomic E-state index is 12.5. The van der Waals surface area contributed by atoms with Crippen LogP contribution in [0.1, 0.15) is 41.4 Å². The topological polar surface area (TPSA) is 33.2 Å². The van der Waals surface area contributed by atoms with E-state index < -0.39 is 0 Å². The first kappa shape index (κ1) is 15.3. The van der Waals surface area contributed by atoms with Gasteiger partial charge in [0, 0.05) is 30.4 Å². The van der Waals surface area contributed by atoms with E-state index in [0.29, 0.717) is 0 Å². The quantitative estimate of drug-likeness (QED) is 0.757. The molecular weight excluding hydrogens is 284 g/mol. The molecule has 0 aliphatic carbocycles. The Morgan fingerprint density at radius 1 is 1.09 bits per heavy atom. The second-order valence-electron chi connectivity index (χ2n) is 6.02. The van der Waals surface area contributed by atoms with E-state index in [0.717, 1.165) is 48.7 Å². The van der Waals surface area contributed by atoms with E-state index in [1.54, 1.807) is 6.20 Å². The van der Waals surface area contributed by atoms with E-state index in [1.165, 1.54) is 0 Å². The van der Waals surface area contributed by atoms with Crippen LogP contribution in [0.4, 0.5) is 0 Å². The van der Waals surface area contributed by atoms with Gasteiger partial charge in [-0.3, -0.25) is 4.79 Å². The number of rotatable bonds is 1. The first-order valence-corrected chi connectivity index (χ1v) is 8.05. The van der Waals surface area contributed by atoms with Gasteiger partial charge in [0.2, 0.25) is 0 Å². The highest BCUT2D eigenvalue weighted by molar-refractivity contribution is 5.94. The number of benzene rings is 1. The van der Waals surface area contributed by atoms with Gasteiger partial charge in [-0.15, -0.1) is 0 Å². The van der Waals surface area contributed by atoms with Crippen LogP contribution in [-0.4, -0.2) is 28.9 Å². The third-order valence-corrected chi connectivity index (χ3v) is 4.20. The molecule has 0 radical (unpaired) electrons. The second-order valence-corrected chi connectivity index (χ2v) is 6.02. The molecule has 0 spiro atoms. The summed E-state index contributed by atoms with van der Waals surface area (Å²) >= 11 is 0. The fraction of sp³-hybridized carbons (Fsp3) is 0.300. The van der Waals surface area contributed by atoms with Crippen molar-refractivity contribution in [3.05, 3.63) is 65.5 Å². The van der Waals surface area contributed by atoms with Gasteiger partial charge in [0.05, 0.1) is 0 Å². The Hall–Kier alpha value is -2.60. The molecule has 1 aliphatic heterocycles. The van der Waals surface area contributed by atoms with E-state index in [4.69, 9.17) is 0 Å². The van der Waals surface area contributed by atoms with Gasteiger partial charge in [-0.2, -0.15) is 0 Å². The lowest BCUT2D eigenvalue weighted by atomic mass is 9.98. The smallest absolute Gasteiger partial charge is 0.253 e. The van der Waals surface area contributed by atoms with Crippen molar-refractivity contribution in [3.63, 3.8) is 0 Å². The molecule has 23 heavy (non-hydrogen) atoms. The van der Waals surface area contributed by atoms with Crippen LogP contribution in [-0.2, 0) is 0 Å². The van der Waals surface area contributed by atoms with Gasteiger partial charge in [0.15, 0.2) is 0 Å². The summed E-state index contributed by atoms with van der Waals surface area (Å²) in [6.45, 7) is 3.97. The summed E-state index contributed by atoms with van der Waals surface area (Å²) in [6.07, 6.45) is 3.92. The number of pyridine rings is 1. The highest BCUT2D eigenvalue weighted by atomic mass is 16.2. The molecule has 1 aliphatic rings. The number of piperidine rings is 1. The Labute approximate surface area is 137 Å². The number of carbonyl (C=O) groups excluding carboxylic acids is 1. The van der Waals surface area contributed by atoms with Crippen molar-refractivity contribution in [2.75, 3.05) is 13.1 Å². The molecule has 0 unspecified atom stereocenters. The molecule has 0 atom stereocenters. The van der Waals surface area contributed by atoms with Gasteiger partial charge in [-0.1, -0.05) is 18.9 Å². The molecule has 0 bridgehead atoms. The predicted molar refractivity (Wildman–Crippen MR) is 91.0 cm³/mol. The van der Waals surface area contributed by atoms with Crippen molar-refractivity contribution in [1.29, 1.82) is 0 Å². The van der Waals surface area contributed by atoms with Crippen LogP contribution in [0.2, 0.25) is 0 Å². The Kier molecular flexibility index (Phi) is 4.73. The molecule has 2 aromatic rings. The summed E-state index contributed by atoms with van der Waals surface area (Å²) in [4.78, 5) is 18.6. The molecule has 1 fully saturated rings. The van der Waals surface area contributed by atoms with Crippen LogP contribution in [0, 0.1) is 17.8 Å². The predicted octanol–water partition coefficient (Wildman–Crippen LogP) is 3.35. The van der Waals surface area contributed by atoms with E-state index in [-0.39, 0.29) is 5.91 Å².